The van der Waals surface area contributed by atoms with Gasteiger partial charge in [-0.1, -0.05) is 0 Å². The van der Waals surface area contributed by atoms with Gasteiger partial charge >= 0.3 is 6.09 Å². The van der Waals surface area contributed by atoms with Crippen molar-refractivity contribution in [3.63, 3.8) is 0 Å². The number of nitrogens with one attached hydrogen (secondary N) is 1. The van der Waals surface area contributed by atoms with E-state index in [9.17, 15) is 9.18 Å². The summed E-state index contributed by atoms with van der Waals surface area (Å²) < 4.78 is 12.8. The Kier molecular flexibility index (Phi) is 3.53. The molecular formula is C13H13FN2O2S. The van der Waals surface area contributed by atoms with E-state index in [0.717, 1.165) is 5.56 Å². The minimum Gasteiger partial charge on any atom is -0.465 e. The highest BCUT2D eigenvalue weighted by Gasteiger charge is 2.26. The smallest absolute Gasteiger partial charge is 0.405 e. The standard InChI is InChI=1S/C13H13FN2O2S/c1-13(2,16-12(17)18)11-15-10(7-19-11)8-3-5-9(14)6-4-8/h3-7,16H,1-2H3,(H,17,18). The van der Waals surface area contributed by atoms with Crippen molar-refractivity contribution in [3.05, 3.63) is 40.5 Å². The van der Waals surface area contributed by atoms with E-state index in [2.05, 4.69) is 10.3 Å². The Morgan fingerprint density at radius 1 is 1.37 bits per heavy atom. The number of amides is 1. The van der Waals surface area contributed by atoms with Crippen LogP contribution in [0.2, 0.25) is 0 Å². The minimum atomic E-state index is -1.09. The van der Waals surface area contributed by atoms with Crippen LogP contribution in [0.25, 0.3) is 11.3 Å². The van der Waals surface area contributed by atoms with Crippen LogP contribution in [0.15, 0.2) is 29.6 Å². The average molecular weight is 280 g/mol. The third kappa shape index (κ3) is 3.08. The van der Waals surface area contributed by atoms with Gasteiger partial charge in [0.05, 0.1) is 11.2 Å². The van der Waals surface area contributed by atoms with E-state index in [0.29, 0.717) is 10.7 Å². The Morgan fingerprint density at radius 3 is 2.58 bits per heavy atom. The number of carbonyl (C=O) groups is 1. The molecule has 1 amide bonds. The first-order valence-electron chi connectivity index (χ1n) is 5.61. The molecule has 100 valence electrons. The van der Waals surface area contributed by atoms with Crippen molar-refractivity contribution in [2.45, 2.75) is 19.4 Å². The van der Waals surface area contributed by atoms with Crippen molar-refractivity contribution in [1.82, 2.24) is 10.3 Å². The number of hydrogen-bond acceptors (Lipinski definition) is 3. The molecule has 0 spiro atoms. The lowest BCUT2D eigenvalue weighted by Gasteiger charge is -2.21. The van der Waals surface area contributed by atoms with Crippen molar-refractivity contribution >= 4 is 17.4 Å². The van der Waals surface area contributed by atoms with Gasteiger partial charge in [0, 0.05) is 10.9 Å². The van der Waals surface area contributed by atoms with E-state index in [1.54, 1.807) is 26.0 Å². The molecule has 0 aliphatic heterocycles. The molecule has 0 saturated carbocycles. The number of benzene rings is 1. The number of nitrogens with zero attached hydrogens (tertiary/aromatic N) is 1. The Morgan fingerprint density at radius 2 is 2.00 bits per heavy atom. The van der Waals surface area contributed by atoms with Gasteiger partial charge in [-0.25, -0.2) is 14.2 Å². The highest BCUT2D eigenvalue weighted by molar-refractivity contribution is 7.10. The molecule has 1 aromatic carbocycles. The summed E-state index contributed by atoms with van der Waals surface area (Å²) in [6.45, 7) is 3.49. The second kappa shape index (κ2) is 4.97. The van der Waals surface area contributed by atoms with Crippen LogP contribution in [-0.2, 0) is 5.54 Å². The Bertz CT molecular complexity index is 593. The van der Waals surface area contributed by atoms with Crippen LogP contribution in [0.5, 0.6) is 0 Å². The summed E-state index contributed by atoms with van der Waals surface area (Å²) in [4.78, 5) is 15.1. The summed E-state index contributed by atoms with van der Waals surface area (Å²) in [6.07, 6.45) is -1.09. The molecule has 2 aromatic rings. The van der Waals surface area contributed by atoms with Gasteiger partial charge < -0.3 is 10.4 Å². The third-order valence-corrected chi connectivity index (χ3v) is 3.76. The molecule has 19 heavy (non-hydrogen) atoms. The lowest BCUT2D eigenvalue weighted by molar-refractivity contribution is 0.182. The molecular weight excluding hydrogens is 267 g/mol. The van der Waals surface area contributed by atoms with Crippen LogP contribution in [0.1, 0.15) is 18.9 Å². The maximum atomic E-state index is 12.8. The lowest BCUT2D eigenvalue weighted by Crippen LogP contribution is -2.39. The number of rotatable bonds is 3. The Balaban J connectivity index is 2.28. The lowest BCUT2D eigenvalue weighted by atomic mass is 10.1. The molecule has 0 aliphatic rings. The fourth-order valence-corrected chi connectivity index (χ4v) is 2.54. The largest absolute Gasteiger partial charge is 0.465 e. The molecule has 0 atom stereocenters. The van der Waals surface area contributed by atoms with Gasteiger partial charge in [-0.15, -0.1) is 11.3 Å². The van der Waals surface area contributed by atoms with Crippen LogP contribution in [0.4, 0.5) is 9.18 Å². The van der Waals surface area contributed by atoms with Gasteiger partial charge in [-0.05, 0) is 38.1 Å². The summed E-state index contributed by atoms with van der Waals surface area (Å²) in [6, 6.07) is 6.03. The third-order valence-electron chi connectivity index (χ3n) is 2.60. The molecule has 0 fully saturated rings. The number of halogens is 1. The first-order valence-corrected chi connectivity index (χ1v) is 6.49. The number of thiazole rings is 1. The molecule has 0 bridgehead atoms. The molecule has 0 radical (unpaired) electrons. The second-order valence-electron chi connectivity index (χ2n) is 4.60. The zero-order valence-electron chi connectivity index (χ0n) is 10.5. The molecule has 2 rings (SSSR count). The zero-order valence-corrected chi connectivity index (χ0v) is 11.3. The van der Waals surface area contributed by atoms with Gasteiger partial charge in [0.2, 0.25) is 0 Å². The van der Waals surface area contributed by atoms with Crippen molar-refractivity contribution in [2.75, 3.05) is 0 Å². The van der Waals surface area contributed by atoms with Crippen LogP contribution in [-0.4, -0.2) is 16.2 Å². The van der Waals surface area contributed by atoms with Crippen molar-refractivity contribution in [2.24, 2.45) is 0 Å². The average Bonchev–Trinajstić information content (AvgIpc) is 2.78. The number of carboxylic acid groups (broad SMARTS) is 1. The highest BCUT2D eigenvalue weighted by atomic mass is 32.1. The monoisotopic (exact) mass is 280 g/mol. The van der Waals surface area contributed by atoms with Crippen LogP contribution in [0, 0.1) is 5.82 Å². The highest BCUT2D eigenvalue weighted by Crippen LogP contribution is 2.28. The quantitative estimate of drug-likeness (QED) is 0.905. The topological polar surface area (TPSA) is 62.2 Å². The first-order chi connectivity index (χ1) is 8.88. The van der Waals surface area contributed by atoms with Gasteiger partial charge in [0.25, 0.3) is 0 Å². The predicted molar refractivity (Wildman–Crippen MR) is 71.7 cm³/mol. The summed E-state index contributed by atoms with van der Waals surface area (Å²) in [5, 5.41) is 13.7. The summed E-state index contributed by atoms with van der Waals surface area (Å²) in [7, 11) is 0. The maximum Gasteiger partial charge on any atom is 0.405 e. The van der Waals surface area contributed by atoms with E-state index < -0.39 is 11.6 Å². The van der Waals surface area contributed by atoms with Crippen LogP contribution >= 0.6 is 11.3 Å². The van der Waals surface area contributed by atoms with E-state index >= 15 is 0 Å². The van der Waals surface area contributed by atoms with E-state index in [4.69, 9.17) is 5.11 Å². The van der Waals surface area contributed by atoms with Gasteiger partial charge in [0.15, 0.2) is 0 Å². The number of hydrogen-bond donors (Lipinski definition) is 2. The molecule has 1 heterocycles. The van der Waals surface area contributed by atoms with Crippen molar-refractivity contribution in [3.8, 4) is 11.3 Å². The van der Waals surface area contributed by atoms with E-state index in [1.165, 1.54) is 23.5 Å². The molecule has 0 unspecified atom stereocenters. The predicted octanol–water partition coefficient (Wildman–Crippen LogP) is 3.45. The van der Waals surface area contributed by atoms with Crippen molar-refractivity contribution in [1.29, 1.82) is 0 Å². The molecule has 1 aromatic heterocycles. The summed E-state index contributed by atoms with van der Waals surface area (Å²) in [5.74, 6) is -0.299. The zero-order chi connectivity index (χ0) is 14.0. The summed E-state index contributed by atoms with van der Waals surface area (Å²) >= 11 is 1.37. The molecule has 0 saturated heterocycles. The molecule has 2 N–H and O–H groups in total. The second-order valence-corrected chi connectivity index (χ2v) is 5.46. The van der Waals surface area contributed by atoms with Crippen LogP contribution in [0.3, 0.4) is 0 Å². The van der Waals surface area contributed by atoms with E-state index in [1.807, 2.05) is 5.38 Å². The maximum absolute atomic E-state index is 12.8. The number of aromatic nitrogens is 1. The molecule has 4 nitrogen and oxygen atoms in total. The van der Waals surface area contributed by atoms with Crippen molar-refractivity contribution < 1.29 is 14.3 Å². The Hall–Kier alpha value is -1.95. The summed E-state index contributed by atoms with van der Waals surface area (Å²) in [5.41, 5.74) is 0.754. The van der Waals surface area contributed by atoms with Gasteiger partial charge in [0.1, 0.15) is 10.8 Å². The molecule has 0 aliphatic carbocycles. The van der Waals surface area contributed by atoms with Crippen LogP contribution < -0.4 is 5.32 Å². The van der Waals surface area contributed by atoms with Gasteiger partial charge in [-0.2, -0.15) is 0 Å². The van der Waals surface area contributed by atoms with E-state index in [-0.39, 0.29) is 5.82 Å². The fourth-order valence-electron chi connectivity index (χ4n) is 1.63. The Labute approximate surface area is 113 Å². The normalized spacial score (nSPS) is 11.3. The fraction of sp³-hybridized carbons (Fsp3) is 0.231. The molecule has 6 heteroatoms. The SMILES string of the molecule is CC(C)(NC(=O)O)c1nc(-c2ccc(F)cc2)cs1. The van der Waals surface area contributed by atoms with Gasteiger partial charge in [-0.3, -0.25) is 0 Å². The first kappa shape index (κ1) is 13.5. The minimum absolute atomic E-state index is 0.299.